The van der Waals surface area contributed by atoms with Gasteiger partial charge in [0.05, 0.1) is 13.2 Å². The number of esters is 2. The topological polar surface area (TPSA) is 52.6 Å². The van der Waals surface area contributed by atoms with Crippen LogP contribution in [-0.2, 0) is 42.7 Å². The lowest BCUT2D eigenvalue weighted by Crippen LogP contribution is -2.16. The van der Waals surface area contributed by atoms with Crippen LogP contribution in [0.25, 0.3) is 0 Å². The van der Waals surface area contributed by atoms with Gasteiger partial charge in [-0.25, -0.2) is 9.59 Å². The van der Waals surface area contributed by atoms with Crippen LogP contribution >= 0.6 is 0 Å². The van der Waals surface area contributed by atoms with Gasteiger partial charge in [-0.1, -0.05) is 90.1 Å². The number of rotatable bonds is 8. The number of carbonyl (C=O) groups excluding carboxylic acids is 2. The molecule has 0 unspecified atom stereocenters. The Hall–Kier alpha value is -2.88. The van der Waals surface area contributed by atoms with E-state index in [2.05, 4.69) is 65.8 Å². The molecule has 2 aromatic carbocycles. The highest BCUT2D eigenvalue weighted by Gasteiger charge is 2.18. The summed E-state index contributed by atoms with van der Waals surface area (Å²) in [6, 6.07) is 16.3. The van der Waals surface area contributed by atoms with E-state index in [1.165, 1.54) is 11.1 Å². The normalized spacial score (nSPS) is 12.1. The van der Waals surface area contributed by atoms with Crippen molar-refractivity contribution < 1.29 is 19.1 Å². The quantitative estimate of drug-likeness (QED) is 0.393. The predicted octanol–water partition coefficient (Wildman–Crippen LogP) is 5.71. The summed E-state index contributed by atoms with van der Waals surface area (Å²) < 4.78 is 10.5. The average Bonchev–Trinajstić information content (AvgIpc) is 2.71. The molecule has 4 heteroatoms. The Balaban J connectivity index is 1.78. The molecule has 4 nitrogen and oxygen atoms in total. The summed E-state index contributed by atoms with van der Waals surface area (Å²) in [5, 5.41) is 0. The minimum absolute atomic E-state index is 0.0255. The highest BCUT2D eigenvalue weighted by molar-refractivity contribution is 5.91. The number of benzene rings is 2. The Bertz CT molecular complexity index is 865. The van der Waals surface area contributed by atoms with Gasteiger partial charge in [-0.15, -0.1) is 0 Å². The van der Waals surface area contributed by atoms with E-state index in [1.807, 2.05) is 24.3 Å². The van der Waals surface area contributed by atoms with Crippen molar-refractivity contribution in [2.45, 2.75) is 65.2 Å². The van der Waals surface area contributed by atoms with Gasteiger partial charge in [0.1, 0.15) is 0 Å². The Morgan fingerprint density at radius 1 is 0.656 bits per heavy atom. The molecule has 2 rings (SSSR count). The van der Waals surface area contributed by atoms with Crippen LogP contribution in [-0.4, -0.2) is 25.2 Å². The number of ether oxygens (including phenoxy) is 2. The second-order valence-electron chi connectivity index (χ2n) is 9.98. The summed E-state index contributed by atoms with van der Waals surface area (Å²) in [6.07, 6.45) is 3.51. The maximum atomic E-state index is 12.0. The summed E-state index contributed by atoms with van der Waals surface area (Å²) in [5.74, 6) is -1.10. The van der Waals surface area contributed by atoms with Crippen molar-refractivity contribution in [2.24, 2.45) is 0 Å². The molecule has 0 aliphatic carbocycles. The lowest BCUT2D eigenvalue weighted by Gasteiger charge is -2.22. The molecular weight excluding hydrogens is 400 g/mol. The molecule has 0 saturated carbocycles. The van der Waals surface area contributed by atoms with E-state index in [4.69, 9.17) is 9.47 Å². The molecule has 0 radical (unpaired) electrons. The molecule has 32 heavy (non-hydrogen) atoms. The fraction of sp³-hybridized carbons (Fsp3) is 0.429. The van der Waals surface area contributed by atoms with Crippen LogP contribution in [0.1, 0.15) is 63.8 Å². The second-order valence-corrected chi connectivity index (χ2v) is 9.98. The standard InChI is InChI=1S/C28H36O4/c1-27(2,3)23-13-9-7-11-21(23)17-19-31-25(29)15-16-26(30)32-20-18-22-12-8-10-14-24(22)28(4,5)6/h7-16H,17-20H2,1-6H3/b16-15+. The SMILES string of the molecule is CC(C)(C)c1ccccc1CCOC(=O)/C=C/C(=O)OCCc1ccccc1C(C)(C)C. The van der Waals surface area contributed by atoms with Crippen LogP contribution in [0.15, 0.2) is 60.7 Å². The van der Waals surface area contributed by atoms with Crippen LogP contribution in [0.5, 0.6) is 0 Å². The van der Waals surface area contributed by atoms with Gasteiger partial charge in [0, 0.05) is 25.0 Å². The van der Waals surface area contributed by atoms with Crippen molar-refractivity contribution in [3.8, 4) is 0 Å². The molecule has 0 saturated heterocycles. The van der Waals surface area contributed by atoms with Crippen molar-refractivity contribution in [2.75, 3.05) is 13.2 Å². The third-order valence-electron chi connectivity index (χ3n) is 5.24. The molecule has 0 N–H and O–H groups in total. The van der Waals surface area contributed by atoms with Gasteiger partial charge in [0.15, 0.2) is 0 Å². The van der Waals surface area contributed by atoms with Crippen molar-refractivity contribution in [3.05, 3.63) is 82.9 Å². The van der Waals surface area contributed by atoms with Gasteiger partial charge in [-0.05, 0) is 33.1 Å². The van der Waals surface area contributed by atoms with E-state index < -0.39 is 11.9 Å². The zero-order chi connectivity index (χ0) is 23.8. The van der Waals surface area contributed by atoms with Crippen LogP contribution in [0.2, 0.25) is 0 Å². The van der Waals surface area contributed by atoms with Crippen LogP contribution in [0.3, 0.4) is 0 Å². The van der Waals surface area contributed by atoms with E-state index in [9.17, 15) is 9.59 Å². The van der Waals surface area contributed by atoms with Crippen molar-refractivity contribution in [1.29, 1.82) is 0 Å². The van der Waals surface area contributed by atoms with Crippen LogP contribution in [0, 0.1) is 0 Å². The van der Waals surface area contributed by atoms with Gasteiger partial charge in [-0.3, -0.25) is 0 Å². The Kier molecular flexibility index (Phi) is 8.82. The van der Waals surface area contributed by atoms with Gasteiger partial charge in [0.2, 0.25) is 0 Å². The first-order valence-electron chi connectivity index (χ1n) is 11.2. The lowest BCUT2D eigenvalue weighted by molar-refractivity contribution is -0.140. The monoisotopic (exact) mass is 436 g/mol. The first-order chi connectivity index (χ1) is 15.0. The molecule has 0 aliphatic heterocycles. The maximum Gasteiger partial charge on any atom is 0.331 e. The van der Waals surface area contributed by atoms with E-state index in [-0.39, 0.29) is 24.0 Å². The third-order valence-corrected chi connectivity index (χ3v) is 5.24. The molecule has 0 amide bonds. The Morgan fingerprint density at radius 2 is 1.00 bits per heavy atom. The zero-order valence-electron chi connectivity index (χ0n) is 20.2. The summed E-state index contributed by atoms with van der Waals surface area (Å²) in [5.41, 5.74) is 4.85. The minimum atomic E-state index is -0.548. The number of carbonyl (C=O) groups is 2. The summed E-state index contributed by atoms with van der Waals surface area (Å²) in [4.78, 5) is 23.9. The summed E-state index contributed by atoms with van der Waals surface area (Å²) in [7, 11) is 0. The number of hydrogen-bond donors (Lipinski definition) is 0. The third kappa shape index (κ3) is 7.99. The average molecular weight is 437 g/mol. The maximum absolute atomic E-state index is 12.0. The predicted molar refractivity (Wildman–Crippen MR) is 129 cm³/mol. The van der Waals surface area contributed by atoms with Gasteiger partial charge in [-0.2, -0.15) is 0 Å². The van der Waals surface area contributed by atoms with Gasteiger partial charge >= 0.3 is 11.9 Å². The first kappa shape index (κ1) is 25.4. The highest BCUT2D eigenvalue weighted by atomic mass is 16.5. The van der Waals surface area contributed by atoms with E-state index in [1.54, 1.807) is 0 Å². The van der Waals surface area contributed by atoms with E-state index in [0.29, 0.717) is 12.8 Å². The lowest BCUT2D eigenvalue weighted by atomic mass is 9.83. The zero-order valence-corrected chi connectivity index (χ0v) is 20.2. The molecule has 0 heterocycles. The number of hydrogen-bond acceptors (Lipinski definition) is 4. The molecule has 0 aliphatic rings. The molecule has 0 aromatic heterocycles. The van der Waals surface area contributed by atoms with Crippen molar-refractivity contribution in [3.63, 3.8) is 0 Å². The van der Waals surface area contributed by atoms with Gasteiger partial charge < -0.3 is 9.47 Å². The second kappa shape index (κ2) is 11.1. The van der Waals surface area contributed by atoms with E-state index in [0.717, 1.165) is 23.3 Å². The molecular formula is C28H36O4. The molecule has 0 atom stereocenters. The van der Waals surface area contributed by atoms with E-state index >= 15 is 0 Å². The van der Waals surface area contributed by atoms with Crippen molar-refractivity contribution in [1.82, 2.24) is 0 Å². The van der Waals surface area contributed by atoms with Crippen molar-refractivity contribution >= 4 is 11.9 Å². The van der Waals surface area contributed by atoms with Gasteiger partial charge in [0.25, 0.3) is 0 Å². The molecule has 0 fully saturated rings. The fourth-order valence-corrected chi connectivity index (χ4v) is 3.70. The highest BCUT2D eigenvalue weighted by Crippen LogP contribution is 2.27. The molecule has 172 valence electrons. The summed E-state index contributed by atoms with van der Waals surface area (Å²) >= 11 is 0. The Morgan fingerprint density at radius 3 is 1.34 bits per heavy atom. The largest absolute Gasteiger partial charge is 0.462 e. The molecule has 0 spiro atoms. The van der Waals surface area contributed by atoms with Crippen LogP contribution < -0.4 is 0 Å². The summed E-state index contributed by atoms with van der Waals surface area (Å²) in [6.45, 7) is 13.5. The first-order valence-corrected chi connectivity index (χ1v) is 11.2. The minimum Gasteiger partial charge on any atom is -0.462 e. The molecule has 2 aromatic rings. The smallest absolute Gasteiger partial charge is 0.331 e. The Labute approximate surface area is 192 Å². The van der Waals surface area contributed by atoms with Crippen LogP contribution in [0.4, 0.5) is 0 Å². The fourth-order valence-electron chi connectivity index (χ4n) is 3.70. The molecule has 0 bridgehead atoms.